The minimum absolute atomic E-state index is 0.137. The van der Waals surface area contributed by atoms with Crippen LogP contribution in [-0.4, -0.2) is 77.8 Å². The van der Waals surface area contributed by atoms with E-state index in [0.29, 0.717) is 18.7 Å². The summed E-state index contributed by atoms with van der Waals surface area (Å²) >= 11 is 0. The lowest BCUT2D eigenvalue weighted by atomic mass is 10.2. The van der Waals surface area contributed by atoms with Gasteiger partial charge >= 0.3 is 0 Å². The minimum Gasteiger partial charge on any atom is -0.417 e. The molecule has 1 aliphatic rings. The highest BCUT2D eigenvalue weighted by atomic mass is 28.3. The zero-order chi connectivity index (χ0) is 21.3. The second kappa shape index (κ2) is 8.34. The molecule has 1 aliphatic heterocycles. The molecule has 1 unspecified atom stereocenters. The lowest BCUT2D eigenvalue weighted by molar-refractivity contribution is -0.0393. The Kier molecular flexibility index (Phi) is 6.22. The Balaban J connectivity index is 1.79. The third kappa shape index (κ3) is 4.92. The van der Waals surface area contributed by atoms with Gasteiger partial charge in [0, 0.05) is 20.5 Å². The Hall–Kier alpha value is -2.08. The molecule has 11 heteroatoms. The molecule has 10 nitrogen and oxygen atoms in total. The van der Waals surface area contributed by atoms with E-state index >= 15 is 0 Å². The molecule has 2 aromatic heterocycles. The van der Waals surface area contributed by atoms with Gasteiger partial charge in [-0.2, -0.15) is 4.98 Å². The predicted molar refractivity (Wildman–Crippen MR) is 113 cm³/mol. The van der Waals surface area contributed by atoms with Crippen molar-refractivity contribution in [2.75, 3.05) is 20.7 Å². The summed E-state index contributed by atoms with van der Waals surface area (Å²) in [7, 11) is 2.23. The summed E-state index contributed by atoms with van der Waals surface area (Å²) in [6, 6.07) is 0. The minimum atomic E-state index is -1.41. The second-order valence-corrected chi connectivity index (χ2v) is 12.0. The van der Waals surface area contributed by atoms with E-state index in [0.717, 1.165) is 0 Å². The fourth-order valence-corrected chi connectivity index (χ4v) is 3.86. The normalized spacial score (nSPS) is 23.9. The first-order valence-electron chi connectivity index (χ1n) is 9.69. The monoisotopic (exact) mass is 422 g/mol. The topological polar surface area (TPSA) is 118 Å². The standard InChI is InChI=1S/C18H30N6O4Si/c1-18(2,3)29(6)27-8-12-11(25)7-13(28-12)24-10-19-14-15(24)21-17(22-16(14)26)20-9-23(4)5/h9-13,25,29H,7-8H2,1-6H3,(H,21,22,26)/t11-,12-,13-,29?/m1/s1. The lowest BCUT2D eigenvalue weighted by Gasteiger charge is -2.27. The number of nitrogens with zero attached hydrogens (tertiary/aromatic N) is 5. The van der Waals surface area contributed by atoms with Crippen molar-refractivity contribution in [3.63, 3.8) is 0 Å². The van der Waals surface area contributed by atoms with E-state index in [2.05, 4.69) is 47.3 Å². The molecule has 0 aliphatic carbocycles. The molecule has 160 valence electrons. The Labute approximate surface area is 171 Å². The van der Waals surface area contributed by atoms with Crippen LogP contribution in [0.3, 0.4) is 0 Å². The predicted octanol–water partition coefficient (Wildman–Crippen LogP) is 1.16. The fraction of sp³-hybridized carbons (Fsp3) is 0.667. The van der Waals surface area contributed by atoms with Crippen LogP contribution in [0.15, 0.2) is 16.1 Å². The van der Waals surface area contributed by atoms with Gasteiger partial charge in [0.25, 0.3) is 5.56 Å². The molecule has 29 heavy (non-hydrogen) atoms. The van der Waals surface area contributed by atoms with Crippen molar-refractivity contribution in [2.45, 2.75) is 57.2 Å². The number of aromatic amines is 1. The maximum atomic E-state index is 12.3. The number of rotatable bonds is 6. The molecule has 0 amide bonds. The molecule has 4 atom stereocenters. The van der Waals surface area contributed by atoms with Gasteiger partial charge in [-0.3, -0.25) is 14.3 Å². The van der Waals surface area contributed by atoms with Gasteiger partial charge in [-0.05, 0) is 11.6 Å². The van der Waals surface area contributed by atoms with Gasteiger partial charge in [0.1, 0.15) is 12.3 Å². The van der Waals surface area contributed by atoms with E-state index in [1.54, 1.807) is 15.8 Å². The van der Waals surface area contributed by atoms with Gasteiger partial charge in [-0.1, -0.05) is 20.8 Å². The van der Waals surface area contributed by atoms with Crippen LogP contribution in [0.1, 0.15) is 33.4 Å². The Morgan fingerprint density at radius 2 is 2.24 bits per heavy atom. The van der Waals surface area contributed by atoms with Crippen LogP contribution < -0.4 is 5.56 Å². The number of aliphatic imine (C=N–C) groups is 1. The number of ether oxygens (including phenoxy) is 1. The number of fused-ring (bicyclic) bond motifs is 1. The van der Waals surface area contributed by atoms with Gasteiger partial charge in [-0.15, -0.1) is 0 Å². The number of aliphatic hydroxyl groups is 1. The second-order valence-electron chi connectivity index (χ2n) is 8.70. The van der Waals surface area contributed by atoms with Crippen molar-refractivity contribution >= 4 is 32.5 Å². The number of nitrogens with one attached hydrogen (secondary N) is 1. The van der Waals surface area contributed by atoms with Crippen LogP contribution in [0.25, 0.3) is 11.2 Å². The zero-order valence-electron chi connectivity index (χ0n) is 17.8. The van der Waals surface area contributed by atoms with Crippen LogP contribution >= 0.6 is 0 Å². The summed E-state index contributed by atoms with van der Waals surface area (Å²) in [5.41, 5.74) is 0.208. The van der Waals surface area contributed by atoms with Gasteiger partial charge in [-0.25, -0.2) is 9.98 Å². The van der Waals surface area contributed by atoms with Crippen molar-refractivity contribution in [3.8, 4) is 0 Å². The number of hydrogen-bond acceptors (Lipinski definition) is 7. The molecule has 0 spiro atoms. The van der Waals surface area contributed by atoms with E-state index in [1.807, 2.05) is 14.1 Å². The molecule has 3 rings (SSSR count). The smallest absolute Gasteiger partial charge is 0.280 e. The number of aromatic nitrogens is 4. The van der Waals surface area contributed by atoms with Gasteiger partial charge in [0.2, 0.25) is 5.95 Å². The third-order valence-corrected chi connectivity index (χ3v) is 8.21. The van der Waals surface area contributed by atoms with Crippen molar-refractivity contribution < 1.29 is 14.3 Å². The maximum Gasteiger partial charge on any atom is 0.280 e. The molecule has 1 fully saturated rings. The van der Waals surface area contributed by atoms with E-state index in [9.17, 15) is 9.90 Å². The first-order valence-corrected chi connectivity index (χ1v) is 11.9. The average molecular weight is 423 g/mol. The molecule has 1 saturated heterocycles. The van der Waals surface area contributed by atoms with Crippen LogP contribution in [0, 0.1) is 0 Å². The number of H-pyrrole nitrogens is 1. The van der Waals surface area contributed by atoms with Crippen LogP contribution in [0.5, 0.6) is 0 Å². The molecule has 2 aromatic rings. The van der Waals surface area contributed by atoms with Gasteiger partial charge in [0.05, 0.1) is 25.4 Å². The first kappa shape index (κ1) is 21.6. The molecular weight excluding hydrogens is 392 g/mol. The van der Waals surface area contributed by atoms with Gasteiger partial charge in [0.15, 0.2) is 20.2 Å². The molecule has 0 radical (unpaired) electrons. The van der Waals surface area contributed by atoms with E-state index in [-0.39, 0.29) is 22.1 Å². The summed E-state index contributed by atoms with van der Waals surface area (Å²) < 4.78 is 13.8. The lowest BCUT2D eigenvalue weighted by Crippen LogP contribution is -2.33. The number of aliphatic hydroxyl groups excluding tert-OH is 1. The largest absolute Gasteiger partial charge is 0.417 e. The molecule has 0 saturated carbocycles. The molecule has 3 heterocycles. The van der Waals surface area contributed by atoms with Crippen molar-refractivity contribution in [3.05, 3.63) is 16.7 Å². The molecule has 0 aromatic carbocycles. The van der Waals surface area contributed by atoms with Crippen LogP contribution in [-0.2, 0) is 9.16 Å². The van der Waals surface area contributed by atoms with Gasteiger partial charge < -0.3 is 19.2 Å². The Bertz CT molecular complexity index is 935. The number of imidazole rings is 1. The van der Waals surface area contributed by atoms with Crippen LogP contribution in [0.2, 0.25) is 11.6 Å². The summed E-state index contributed by atoms with van der Waals surface area (Å²) in [5.74, 6) is 0.182. The SMILES string of the molecule is CN(C)C=Nc1nc2c(ncn2[C@H]2C[C@@H](O)[C@@H](CO[SiH](C)C(C)(C)C)O2)c(=O)[nH]1. The van der Waals surface area contributed by atoms with Crippen molar-refractivity contribution in [1.29, 1.82) is 0 Å². The summed E-state index contributed by atoms with van der Waals surface area (Å²) in [6.45, 7) is 8.98. The maximum absolute atomic E-state index is 12.3. The van der Waals surface area contributed by atoms with Crippen LogP contribution in [0.4, 0.5) is 5.95 Å². The highest BCUT2D eigenvalue weighted by Gasteiger charge is 2.37. The first-order chi connectivity index (χ1) is 13.6. The Morgan fingerprint density at radius 1 is 1.52 bits per heavy atom. The van der Waals surface area contributed by atoms with Crippen molar-refractivity contribution in [2.24, 2.45) is 4.99 Å². The summed E-state index contributed by atoms with van der Waals surface area (Å²) in [5, 5.41) is 10.6. The average Bonchev–Trinajstić information content (AvgIpc) is 3.20. The molecular formula is C18H30N6O4Si. The Morgan fingerprint density at radius 3 is 2.90 bits per heavy atom. The number of hydrogen-bond donors (Lipinski definition) is 2. The van der Waals surface area contributed by atoms with Crippen molar-refractivity contribution in [1.82, 2.24) is 24.4 Å². The fourth-order valence-electron chi connectivity index (χ4n) is 2.88. The summed E-state index contributed by atoms with van der Waals surface area (Å²) in [4.78, 5) is 29.4. The quantitative estimate of drug-likeness (QED) is 0.407. The zero-order valence-corrected chi connectivity index (χ0v) is 18.9. The van der Waals surface area contributed by atoms with E-state index in [4.69, 9.17) is 9.16 Å². The van der Waals surface area contributed by atoms with E-state index in [1.165, 1.54) is 6.33 Å². The summed E-state index contributed by atoms with van der Waals surface area (Å²) in [6.07, 6.45) is 1.87. The molecule has 0 bridgehead atoms. The highest BCUT2D eigenvalue weighted by Crippen LogP contribution is 2.32. The third-order valence-electron chi connectivity index (χ3n) is 5.08. The van der Waals surface area contributed by atoms with E-state index < -0.39 is 27.5 Å². The molecule has 2 N–H and O–H groups in total. The highest BCUT2D eigenvalue weighted by molar-refractivity contribution is 6.53.